The topological polar surface area (TPSA) is 74.6 Å². The van der Waals surface area contributed by atoms with Gasteiger partial charge in [-0.15, -0.1) is 0 Å². The first-order chi connectivity index (χ1) is 10.4. The summed E-state index contributed by atoms with van der Waals surface area (Å²) < 4.78 is 24.4. The lowest BCUT2D eigenvalue weighted by Crippen LogP contribution is -2.16. The van der Waals surface area contributed by atoms with Crippen LogP contribution < -0.4 is 0 Å². The lowest BCUT2D eigenvalue weighted by Gasteiger charge is -2.12. The number of benzene rings is 2. The van der Waals surface area contributed by atoms with Crippen LogP contribution in [0.15, 0.2) is 48.5 Å². The molecule has 0 saturated carbocycles. The Balaban J connectivity index is 2.04. The summed E-state index contributed by atoms with van der Waals surface area (Å²) in [7, 11) is -3.42. The van der Waals surface area contributed by atoms with Gasteiger partial charge in [-0.2, -0.15) is 0 Å². The molecule has 0 saturated heterocycles. The molecule has 0 amide bonds. The zero-order valence-corrected chi connectivity index (χ0v) is 13.3. The summed E-state index contributed by atoms with van der Waals surface area (Å²) >= 11 is 0. The largest absolute Gasteiger partial charge is 0.392 e. The highest BCUT2D eigenvalue weighted by Gasteiger charge is 2.19. The van der Waals surface area contributed by atoms with Gasteiger partial charge < -0.3 is 10.2 Å². The summed E-state index contributed by atoms with van der Waals surface area (Å²) in [6.07, 6.45) is -1.03. The van der Waals surface area contributed by atoms with E-state index in [4.69, 9.17) is 5.11 Å². The van der Waals surface area contributed by atoms with Crippen molar-refractivity contribution in [3.63, 3.8) is 0 Å². The van der Waals surface area contributed by atoms with Crippen LogP contribution in [-0.4, -0.2) is 24.4 Å². The Morgan fingerprint density at radius 1 is 0.955 bits per heavy atom. The first kappa shape index (κ1) is 16.7. The van der Waals surface area contributed by atoms with Gasteiger partial charge in [-0.1, -0.05) is 54.1 Å². The van der Waals surface area contributed by atoms with Gasteiger partial charge >= 0.3 is 0 Å². The van der Waals surface area contributed by atoms with Gasteiger partial charge in [0, 0.05) is 0 Å². The van der Waals surface area contributed by atoms with Gasteiger partial charge in [0.05, 0.1) is 24.2 Å². The molecule has 22 heavy (non-hydrogen) atoms. The smallest absolute Gasteiger partial charge is 0.157 e. The van der Waals surface area contributed by atoms with Crippen molar-refractivity contribution in [1.82, 2.24) is 0 Å². The second-order valence-electron chi connectivity index (χ2n) is 5.46. The first-order valence-electron chi connectivity index (χ1n) is 7.03. The second-order valence-corrected chi connectivity index (χ2v) is 7.56. The monoisotopic (exact) mass is 320 g/mol. The third kappa shape index (κ3) is 4.66. The molecule has 2 aromatic carbocycles. The Hall–Kier alpha value is -1.69. The van der Waals surface area contributed by atoms with Crippen LogP contribution in [0.2, 0.25) is 0 Å². The van der Waals surface area contributed by atoms with Crippen LogP contribution in [0, 0.1) is 6.92 Å². The molecular weight excluding hydrogens is 300 g/mol. The Morgan fingerprint density at radius 2 is 1.50 bits per heavy atom. The van der Waals surface area contributed by atoms with Gasteiger partial charge in [-0.05, 0) is 23.6 Å². The maximum Gasteiger partial charge on any atom is 0.157 e. The van der Waals surface area contributed by atoms with Gasteiger partial charge in [0.25, 0.3) is 0 Å². The summed E-state index contributed by atoms with van der Waals surface area (Å²) in [4.78, 5) is 0. The molecule has 0 aliphatic carbocycles. The molecule has 0 bridgehead atoms. The fraction of sp³-hybridized carbons (Fsp3) is 0.294. The van der Waals surface area contributed by atoms with Gasteiger partial charge in [-0.3, -0.25) is 0 Å². The van der Waals surface area contributed by atoms with Crippen molar-refractivity contribution in [1.29, 1.82) is 0 Å². The predicted octanol–water partition coefficient (Wildman–Crippen LogP) is 2.14. The minimum absolute atomic E-state index is 0.0703. The lowest BCUT2D eigenvalue weighted by atomic mass is 10.1. The minimum atomic E-state index is -3.42. The summed E-state index contributed by atoms with van der Waals surface area (Å²) in [5, 5.41) is 19.1. The third-order valence-corrected chi connectivity index (χ3v) is 5.06. The number of rotatable bonds is 6. The van der Waals surface area contributed by atoms with E-state index in [0.29, 0.717) is 11.1 Å². The molecule has 1 unspecified atom stereocenters. The van der Waals surface area contributed by atoms with E-state index in [1.54, 1.807) is 36.4 Å². The molecule has 2 rings (SSSR count). The summed E-state index contributed by atoms with van der Waals surface area (Å²) in [6, 6.07) is 13.9. The number of hydrogen-bond donors (Lipinski definition) is 2. The fourth-order valence-electron chi connectivity index (χ4n) is 2.18. The van der Waals surface area contributed by atoms with Crippen molar-refractivity contribution in [2.45, 2.75) is 25.4 Å². The molecule has 0 aliphatic rings. The fourth-order valence-corrected chi connectivity index (χ4v) is 3.67. The van der Waals surface area contributed by atoms with E-state index in [2.05, 4.69) is 0 Å². The zero-order chi connectivity index (χ0) is 16.2. The van der Waals surface area contributed by atoms with E-state index in [0.717, 1.165) is 11.1 Å². The van der Waals surface area contributed by atoms with Crippen molar-refractivity contribution in [3.05, 3.63) is 70.8 Å². The molecule has 2 N–H and O–H groups in total. The molecular formula is C17H20O4S. The van der Waals surface area contributed by atoms with Crippen LogP contribution in [0.4, 0.5) is 0 Å². The van der Waals surface area contributed by atoms with Gasteiger partial charge in [0.2, 0.25) is 0 Å². The highest BCUT2D eigenvalue weighted by molar-refractivity contribution is 7.90. The molecule has 5 heteroatoms. The standard InChI is InChI=1S/C17H20O4S/c1-13-2-8-16(9-3-13)17(19)12-22(20,21)11-15-6-4-14(10-18)5-7-15/h2-9,17-19H,10-12H2,1H3. The number of sulfone groups is 1. The summed E-state index contributed by atoms with van der Waals surface area (Å²) in [6.45, 7) is 1.86. The van der Waals surface area contributed by atoms with E-state index in [-0.39, 0.29) is 18.1 Å². The molecule has 0 aliphatic heterocycles. The number of aryl methyl sites for hydroxylation is 1. The van der Waals surface area contributed by atoms with Crippen LogP contribution in [0.25, 0.3) is 0 Å². The van der Waals surface area contributed by atoms with E-state index >= 15 is 0 Å². The predicted molar refractivity (Wildman–Crippen MR) is 86.0 cm³/mol. The molecule has 0 fully saturated rings. The van der Waals surface area contributed by atoms with E-state index in [9.17, 15) is 13.5 Å². The number of hydrogen-bond acceptors (Lipinski definition) is 4. The van der Waals surface area contributed by atoms with E-state index in [1.165, 1.54) is 0 Å². The van der Waals surface area contributed by atoms with Crippen LogP contribution in [0.3, 0.4) is 0 Å². The van der Waals surface area contributed by atoms with Crippen molar-refractivity contribution in [2.24, 2.45) is 0 Å². The molecule has 118 valence electrons. The van der Waals surface area contributed by atoms with Crippen molar-refractivity contribution < 1.29 is 18.6 Å². The maximum atomic E-state index is 12.2. The van der Waals surface area contributed by atoms with Gasteiger partial charge in [0.15, 0.2) is 9.84 Å². The van der Waals surface area contributed by atoms with Gasteiger partial charge in [0.1, 0.15) is 0 Å². The maximum absolute atomic E-state index is 12.2. The van der Waals surface area contributed by atoms with Crippen LogP contribution in [0.1, 0.15) is 28.4 Å². The molecule has 0 heterocycles. The Labute approximate surface area is 131 Å². The van der Waals surface area contributed by atoms with Crippen LogP contribution in [0.5, 0.6) is 0 Å². The summed E-state index contributed by atoms with van der Waals surface area (Å²) in [5.74, 6) is -0.431. The van der Waals surface area contributed by atoms with Crippen molar-refractivity contribution in [2.75, 3.05) is 5.75 Å². The molecule has 0 aromatic heterocycles. The lowest BCUT2D eigenvalue weighted by molar-refractivity contribution is 0.201. The number of aliphatic hydroxyl groups excluding tert-OH is 2. The molecule has 0 radical (unpaired) electrons. The molecule has 0 spiro atoms. The highest BCUT2D eigenvalue weighted by atomic mass is 32.2. The average Bonchev–Trinajstić information content (AvgIpc) is 2.47. The Kier molecular flexibility index (Phi) is 5.34. The van der Waals surface area contributed by atoms with Crippen molar-refractivity contribution >= 4 is 9.84 Å². The molecule has 4 nitrogen and oxygen atoms in total. The van der Waals surface area contributed by atoms with Crippen molar-refractivity contribution in [3.8, 4) is 0 Å². The van der Waals surface area contributed by atoms with E-state index < -0.39 is 15.9 Å². The van der Waals surface area contributed by atoms with Crippen LogP contribution >= 0.6 is 0 Å². The van der Waals surface area contributed by atoms with Crippen LogP contribution in [-0.2, 0) is 22.2 Å². The highest BCUT2D eigenvalue weighted by Crippen LogP contribution is 2.18. The second kappa shape index (κ2) is 7.05. The normalized spacial score (nSPS) is 13.0. The minimum Gasteiger partial charge on any atom is -0.392 e. The Morgan fingerprint density at radius 3 is 2.05 bits per heavy atom. The summed E-state index contributed by atoms with van der Waals surface area (Å²) in [5.41, 5.74) is 3.04. The first-order valence-corrected chi connectivity index (χ1v) is 8.85. The van der Waals surface area contributed by atoms with Gasteiger partial charge in [-0.25, -0.2) is 8.42 Å². The molecule has 1 atom stereocenters. The molecule has 2 aromatic rings. The quantitative estimate of drug-likeness (QED) is 0.855. The number of aliphatic hydroxyl groups is 2. The van der Waals surface area contributed by atoms with E-state index in [1.807, 2.05) is 19.1 Å². The SMILES string of the molecule is Cc1ccc(C(O)CS(=O)(=O)Cc2ccc(CO)cc2)cc1. The third-order valence-electron chi connectivity index (χ3n) is 3.47. The Bertz CT molecular complexity index is 703. The zero-order valence-electron chi connectivity index (χ0n) is 12.4. The average molecular weight is 320 g/mol.